The lowest BCUT2D eigenvalue weighted by atomic mass is 9.98. The lowest BCUT2D eigenvalue weighted by Gasteiger charge is -2.38. The van der Waals surface area contributed by atoms with E-state index in [2.05, 4.69) is 0 Å². The van der Waals surface area contributed by atoms with Crippen molar-refractivity contribution < 1.29 is 25.2 Å². The van der Waals surface area contributed by atoms with Gasteiger partial charge in [-0.05, 0) is 0 Å². The van der Waals surface area contributed by atoms with E-state index < -0.39 is 37.3 Å². The molecular formula is C6H13NO5. The van der Waals surface area contributed by atoms with Gasteiger partial charge in [0.2, 0.25) is 0 Å². The molecule has 1 heterocycles. The maximum atomic E-state index is 9.20. The minimum absolute atomic E-state index is 0.470. The van der Waals surface area contributed by atoms with E-state index in [1.54, 1.807) is 0 Å². The summed E-state index contributed by atoms with van der Waals surface area (Å²) in [5.41, 5.74) is 5.26. The first-order chi connectivity index (χ1) is 5.57. The quantitative estimate of drug-likeness (QED) is 0.288. The van der Waals surface area contributed by atoms with Crippen LogP contribution >= 0.6 is 0 Å². The van der Waals surface area contributed by atoms with Crippen LogP contribution in [0, 0.1) is 0 Å². The van der Waals surface area contributed by atoms with Gasteiger partial charge in [-0.25, -0.2) is 0 Å². The van der Waals surface area contributed by atoms with Gasteiger partial charge >= 0.3 is 0 Å². The molecule has 0 radical (unpaired) electrons. The third kappa shape index (κ3) is 1.58. The van der Waals surface area contributed by atoms with Gasteiger partial charge in [0, 0.05) is 0 Å². The fourth-order valence-corrected chi connectivity index (χ4v) is 1.12. The van der Waals surface area contributed by atoms with Gasteiger partial charge in [-0.2, -0.15) is 0 Å². The fourth-order valence-electron chi connectivity index (χ4n) is 1.12. The normalized spacial score (nSPS) is 49.2. The molecular weight excluding hydrogens is 166 g/mol. The zero-order chi connectivity index (χ0) is 9.30. The molecule has 6 N–H and O–H groups in total. The molecule has 0 aromatic carbocycles. The van der Waals surface area contributed by atoms with E-state index in [0.29, 0.717) is 0 Å². The van der Waals surface area contributed by atoms with Crippen molar-refractivity contribution in [2.45, 2.75) is 30.6 Å². The molecule has 1 aliphatic heterocycles. The van der Waals surface area contributed by atoms with Crippen LogP contribution in [0.3, 0.4) is 0 Å². The summed E-state index contributed by atoms with van der Waals surface area (Å²) < 4.78 is 4.70. The predicted molar refractivity (Wildman–Crippen MR) is 38.0 cm³/mol. The van der Waals surface area contributed by atoms with Crippen LogP contribution in [0.1, 0.15) is 0 Å². The summed E-state index contributed by atoms with van der Waals surface area (Å²) in [7, 11) is 0. The summed E-state index contributed by atoms with van der Waals surface area (Å²) in [5.74, 6) is 0. The molecule has 0 amide bonds. The van der Waals surface area contributed by atoms with E-state index >= 15 is 0 Å². The maximum absolute atomic E-state index is 9.20. The van der Waals surface area contributed by atoms with E-state index in [9.17, 15) is 10.2 Å². The standard InChI is InChI=1S/C6H13NO5/c7-3-5(10)4(9)2(1-8)12-6(3)11/h2-6,8-11H,1,7H2/t2-,3?,4-,5-,6?/m1/s1. The molecule has 0 aliphatic carbocycles. The summed E-state index contributed by atoms with van der Waals surface area (Å²) in [5, 5.41) is 36.1. The molecule has 5 atom stereocenters. The van der Waals surface area contributed by atoms with E-state index in [1.807, 2.05) is 0 Å². The van der Waals surface area contributed by atoms with Gasteiger partial charge in [-0.1, -0.05) is 0 Å². The Morgan fingerprint density at radius 1 is 1.17 bits per heavy atom. The van der Waals surface area contributed by atoms with Crippen molar-refractivity contribution in [2.24, 2.45) is 5.73 Å². The highest BCUT2D eigenvalue weighted by Crippen LogP contribution is 2.17. The Balaban J connectivity index is 2.63. The Morgan fingerprint density at radius 2 is 1.75 bits per heavy atom. The van der Waals surface area contributed by atoms with E-state index in [1.165, 1.54) is 0 Å². The van der Waals surface area contributed by atoms with Gasteiger partial charge in [0.15, 0.2) is 6.29 Å². The van der Waals surface area contributed by atoms with Crippen molar-refractivity contribution in [3.05, 3.63) is 0 Å². The van der Waals surface area contributed by atoms with Gasteiger partial charge in [0.25, 0.3) is 0 Å². The van der Waals surface area contributed by atoms with Crippen LogP contribution in [0.2, 0.25) is 0 Å². The topological polar surface area (TPSA) is 116 Å². The minimum Gasteiger partial charge on any atom is -0.394 e. The zero-order valence-electron chi connectivity index (χ0n) is 6.37. The molecule has 6 nitrogen and oxygen atoms in total. The summed E-state index contributed by atoms with van der Waals surface area (Å²) in [4.78, 5) is 0. The van der Waals surface area contributed by atoms with Crippen molar-refractivity contribution >= 4 is 0 Å². The maximum Gasteiger partial charge on any atom is 0.173 e. The van der Waals surface area contributed by atoms with Crippen LogP contribution in [0.15, 0.2) is 0 Å². The Bertz CT molecular complexity index is 150. The fraction of sp³-hybridized carbons (Fsp3) is 1.00. The van der Waals surface area contributed by atoms with Crippen molar-refractivity contribution in [1.29, 1.82) is 0 Å². The van der Waals surface area contributed by atoms with E-state index in [-0.39, 0.29) is 0 Å². The summed E-state index contributed by atoms with van der Waals surface area (Å²) in [6, 6.07) is -1.04. The molecule has 1 saturated heterocycles. The van der Waals surface area contributed by atoms with Crippen LogP contribution < -0.4 is 5.73 Å². The Morgan fingerprint density at radius 3 is 2.25 bits per heavy atom. The summed E-state index contributed by atoms with van der Waals surface area (Å²) >= 11 is 0. The first kappa shape index (κ1) is 9.85. The number of rotatable bonds is 1. The Labute approximate surface area is 69.2 Å². The largest absolute Gasteiger partial charge is 0.394 e. The SMILES string of the molecule is NC1C(O)O[C@H](CO)[C@@H](O)[C@@H]1O. The second-order valence-corrected chi connectivity index (χ2v) is 2.81. The van der Waals surface area contributed by atoms with Crippen molar-refractivity contribution in [3.8, 4) is 0 Å². The number of hydrogen-bond acceptors (Lipinski definition) is 6. The van der Waals surface area contributed by atoms with Gasteiger partial charge in [-0.3, -0.25) is 0 Å². The highest BCUT2D eigenvalue weighted by molar-refractivity contribution is 4.90. The first-order valence-electron chi connectivity index (χ1n) is 3.64. The van der Waals surface area contributed by atoms with E-state index in [0.717, 1.165) is 0 Å². The monoisotopic (exact) mass is 179 g/mol. The van der Waals surface area contributed by atoms with Crippen LogP contribution in [0.4, 0.5) is 0 Å². The van der Waals surface area contributed by atoms with Crippen molar-refractivity contribution in [1.82, 2.24) is 0 Å². The molecule has 1 rings (SSSR count). The lowest BCUT2D eigenvalue weighted by Crippen LogP contribution is -2.61. The molecule has 1 fully saturated rings. The molecule has 0 aromatic heterocycles. The second kappa shape index (κ2) is 3.65. The molecule has 0 aromatic rings. The third-order valence-electron chi connectivity index (χ3n) is 1.95. The van der Waals surface area contributed by atoms with Crippen molar-refractivity contribution in [2.75, 3.05) is 6.61 Å². The lowest BCUT2D eigenvalue weighted by molar-refractivity contribution is -0.248. The summed E-state index contributed by atoms with van der Waals surface area (Å²) in [6.07, 6.45) is -4.85. The average molecular weight is 179 g/mol. The van der Waals surface area contributed by atoms with Crippen LogP contribution in [0.5, 0.6) is 0 Å². The van der Waals surface area contributed by atoms with Gasteiger partial charge in [0.1, 0.15) is 18.3 Å². The smallest absolute Gasteiger partial charge is 0.173 e. The molecule has 12 heavy (non-hydrogen) atoms. The van der Waals surface area contributed by atoms with Gasteiger partial charge in [-0.15, -0.1) is 0 Å². The molecule has 0 spiro atoms. The average Bonchev–Trinajstić information content (AvgIpc) is 2.08. The van der Waals surface area contributed by atoms with Crippen LogP contribution in [-0.2, 0) is 4.74 Å². The summed E-state index contributed by atoms with van der Waals surface area (Å²) in [6.45, 7) is -0.470. The van der Waals surface area contributed by atoms with Gasteiger partial charge in [0.05, 0.1) is 12.6 Å². The van der Waals surface area contributed by atoms with Gasteiger partial charge < -0.3 is 30.9 Å². The highest BCUT2D eigenvalue weighted by Gasteiger charge is 2.41. The molecule has 2 unspecified atom stereocenters. The van der Waals surface area contributed by atoms with Crippen LogP contribution in [-0.4, -0.2) is 57.7 Å². The number of ether oxygens (including phenoxy) is 1. The highest BCUT2D eigenvalue weighted by atomic mass is 16.6. The predicted octanol–water partition coefficient (Wildman–Crippen LogP) is -3.25. The molecule has 1 aliphatic rings. The second-order valence-electron chi connectivity index (χ2n) is 2.81. The number of aliphatic hydroxyl groups excluding tert-OH is 4. The number of aliphatic hydroxyl groups is 4. The first-order valence-corrected chi connectivity index (χ1v) is 3.64. The number of nitrogens with two attached hydrogens (primary N) is 1. The number of hydrogen-bond donors (Lipinski definition) is 5. The zero-order valence-corrected chi connectivity index (χ0v) is 6.37. The molecule has 0 saturated carbocycles. The molecule has 0 bridgehead atoms. The minimum atomic E-state index is -1.35. The molecule has 6 heteroatoms. The van der Waals surface area contributed by atoms with Crippen LogP contribution in [0.25, 0.3) is 0 Å². The Hall–Kier alpha value is -0.240. The molecule has 72 valence electrons. The Kier molecular flexibility index (Phi) is 2.99. The third-order valence-corrected chi connectivity index (χ3v) is 1.95. The van der Waals surface area contributed by atoms with Crippen molar-refractivity contribution in [3.63, 3.8) is 0 Å². The van der Waals surface area contributed by atoms with E-state index in [4.69, 9.17) is 20.7 Å².